The van der Waals surface area contributed by atoms with Gasteiger partial charge < -0.3 is 13.9 Å². The molecule has 0 saturated carbocycles. The van der Waals surface area contributed by atoms with Crippen LogP contribution in [0.4, 0.5) is 13.9 Å². The number of furan rings is 1. The number of hydrogen-bond donors (Lipinski definition) is 1. The predicted molar refractivity (Wildman–Crippen MR) is 116 cm³/mol. The maximum atomic E-state index is 12.5. The molecule has 0 unspecified atom stereocenters. The van der Waals surface area contributed by atoms with E-state index in [-0.39, 0.29) is 18.1 Å². The van der Waals surface area contributed by atoms with Crippen LogP contribution < -0.4 is 14.8 Å². The summed E-state index contributed by atoms with van der Waals surface area (Å²) in [5.41, 5.74) is 2.39. The van der Waals surface area contributed by atoms with Gasteiger partial charge in [0, 0.05) is 10.9 Å². The van der Waals surface area contributed by atoms with Crippen molar-refractivity contribution >= 4 is 22.4 Å². The standard InChI is InChI=1S/C23H18F2N2O4S/c1-14-3-2-4-17(11-14)29-12-18-9-10-20(30-18)21(28)27-23-26-19(13-32-23)15-5-7-16(8-6-15)31-22(24)25/h2-11,13,22H,12H2,1H3,(H,26,27,28). The molecule has 0 bridgehead atoms. The van der Waals surface area contributed by atoms with Crippen LogP contribution in [0.3, 0.4) is 0 Å². The second-order valence-electron chi connectivity index (χ2n) is 6.77. The minimum Gasteiger partial charge on any atom is -0.486 e. The van der Waals surface area contributed by atoms with Gasteiger partial charge in [-0.3, -0.25) is 10.1 Å². The minimum atomic E-state index is -2.88. The number of benzene rings is 2. The second kappa shape index (κ2) is 9.61. The molecule has 2 aromatic carbocycles. The zero-order chi connectivity index (χ0) is 22.5. The molecule has 1 amide bonds. The molecule has 4 aromatic rings. The van der Waals surface area contributed by atoms with Crippen LogP contribution in [0.1, 0.15) is 21.9 Å². The topological polar surface area (TPSA) is 73.6 Å². The fourth-order valence-electron chi connectivity index (χ4n) is 2.87. The third kappa shape index (κ3) is 5.50. The van der Waals surface area contributed by atoms with Crippen molar-refractivity contribution in [3.63, 3.8) is 0 Å². The molecule has 4 rings (SSSR count). The number of carbonyl (C=O) groups is 1. The Kier molecular flexibility index (Phi) is 6.46. The van der Waals surface area contributed by atoms with Crippen LogP contribution in [-0.2, 0) is 6.61 Å². The Labute approximate surface area is 186 Å². The minimum absolute atomic E-state index is 0.0625. The van der Waals surface area contributed by atoms with E-state index in [4.69, 9.17) is 9.15 Å². The highest BCUT2D eigenvalue weighted by atomic mass is 32.1. The first-order chi connectivity index (χ1) is 15.5. The molecule has 0 aliphatic heterocycles. The number of anilines is 1. The van der Waals surface area contributed by atoms with Crippen molar-refractivity contribution in [2.75, 3.05) is 5.32 Å². The van der Waals surface area contributed by atoms with E-state index in [0.29, 0.717) is 22.1 Å². The van der Waals surface area contributed by atoms with Gasteiger partial charge in [0.25, 0.3) is 5.91 Å². The Morgan fingerprint density at radius 2 is 1.94 bits per heavy atom. The van der Waals surface area contributed by atoms with Crippen molar-refractivity contribution in [1.82, 2.24) is 4.98 Å². The van der Waals surface area contributed by atoms with Gasteiger partial charge in [-0.2, -0.15) is 8.78 Å². The van der Waals surface area contributed by atoms with Crippen molar-refractivity contribution in [2.45, 2.75) is 20.1 Å². The number of halogens is 2. The van der Waals surface area contributed by atoms with Crippen LogP contribution in [0.2, 0.25) is 0 Å². The quantitative estimate of drug-likeness (QED) is 0.345. The molecule has 9 heteroatoms. The summed E-state index contributed by atoms with van der Waals surface area (Å²) in [6, 6.07) is 17.0. The highest BCUT2D eigenvalue weighted by Gasteiger charge is 2.14. The molecule has 0 fully saturated rings. The average Bonchev–Trinajstić information content (AvgIpc) is 3.42. The first-order valence-electron chi connectivity index (χ1n) is 9.56. The van der Waals surface area contributed by atoms with Crippen LogP contribution in [0.25, 0.3) is 11.3 Å². The summed E-state index contributed by atoms with van der Waals surface area (Å²) in [5, 5.41) is 4.82. The predicted octanol–water partition coefficient (Wildman–Crippen LogP) is 6.14. The van der Waals surface area contributed by atoms with Crippen molar-refractivity contribution in [1.29, 1.82) is 0 Å². The van der Waals surface area contributed by atoms with Crippen LogP contribution in [0.15, 0.2) is 70.5 Å². The van der Waals surface area contributed by atoms with Crippen LogP contribution in [-0.4, -0.2) is 17.5 Å². The lowest BCUT2D eigenvalue weighted by Gasteiger charge is -2.05. The highest BCUT2D eigenvalue weighted by Crippen LogP contribution is 2.27. The number of aromatic nitrogens is 1. The average molecular weight is 456 g/mol. The number of thiazole rings is 1. The number of alkyl halides is 2. The third-order valence-corrected chi connectivity index (χ3v) is 5.11. The molecule has 1 N–H and O–H groups in total. The normalized spacial score (nSPS) is 10.9. The van der Waals surface area contributed by atoms with Crippen molar-refractivity contribution in [3.8, 4) is 22.8 Å². The number of nitrogens with one attached hydrogen (secondary N) is 1. The fraction of sp³-hybridized carbons (Fsp3) is 0.130. The Bertz CT molecular complexity index is 1200. The van der Waals surface area contributed by atoms with Crippen LogP contribution in [0.5, 0.6) is 11.5 Å². The number of hydrogen-bond acceptors (Lipinski definition) is 6. The SMILES string of the molecule is Cc1cccc(OCc2ccc(C(=O)Nc3nc(-c4ccc(OC(F)F)cc4)cs3)o2)c1. The van der Waals surface area contributed by atoms with E-state index < -0.39 is 12.5 Å². The summed E-state index contributed by atoms with van der Waals surface area (Å²) in [6.07, 6.45) is 0. The number of nitrogens with zero attached hydrogens (tertiary/aromatic N) is 1. The van der Waals surface area contributed by atoms with E-state index in [1.807, 2.05) is 31.2 Å². The molecule has 2 heterocycles. The lowest BCUT2D eigenvalue weighted by atomic mass is 10.2. The lowest BCUT2D eigenvalue weighted by Crippen LogP contribution is -2.10. The molecule has 0 spiro atoms. The Morgan fingerprint density at radius 1 is 1.12 bits per heavy atom. The summed E-state index contributed by atoms with van der Waals surface area (Å²) >= 11 is 1.24. The summed E-state index contributed by atoms with van der Waals surface area (Å²) in [7, 11) is 0. The van der Waals surface area contributed by atoms with Crippen molar-refractivity contribution < 1.29 is 27.5 Å². The zero-order valence-electron chi connectivity index (χ0n) is 16.9. The van der Waals surface area contributed by atoms with Gasteiger partial charge in [-0.05, 0) is 61.0 Å². The van der Waals surface area contributed by atoms with Crippen LogP contribution >= 0.6 is 11.3 Å². The molecular weight excluding hydrogens is 438 g/mol. The summed E-state index contributed by atoms with van der Waals surface area (Å²) in [5.74, 6) is 0.998. The van der Waals surface area contributed by atoms with E-state index in [2.05, 4.69) is 15.0 Å². The van der Waals surface area contributed by atoms with Gasteiger partial charge >= 0.3 is 6.61 Å². The summed E-state index contributed by atoms with van der Waals surface area (Å²) in [6.45, 7) is -0.704. The van der Waals surface area contributed by atoms with E-state index in [0.717, 1.165) is 11.3 Å². The molecule has 164 valence electrons. The van der Waals surface area contributed by atoms with Gasteiger partial charge in [0.05, 0.1) is 5.69 Å². The second-order valence-corrected chi connectivity index (χ2v) is 7.62. The molecule has 0 aliphatic rings. The summed E-state index contributed by atoms with van der Waals surface area (Å²) < 4.78 is 40.1. The Balaban J connectivity index is 1.35. The van der Waals surface area contributed by atoms with Gasteiger partial charge in [0.15, 0.2) is 10.9 Å². The molecule has 6 nitrogen and oxygen atoms in total. The first-order valence-corrected chi connectivity index (χ1v) is 10.4. The van der Waals surface area contributed by atoms with Gasteiger partial charge in [0.2, 0.25) is 0 Å². The monoisotopic (exact) mass is 456 g/mol. The van der Waals surface area contributed by atoms with Crippen molar-refractivity contribution in [2.24, 2.45) is 0 Å². The molecule has 32 heavy (non-hydrogen) atoms. The fourth-order valence-corrected chi connectivity index (χ4v) is 3.58. The molecule has 2 aromatic heterocycles. The van der Waals surface area contributed by atoms with E-state index >= 15 is 0 Å². The molecule has 0 aliphatic carbocycles. The molecular formula is C23H18F2N2O4S. The van der Waals surface area contributed by atoms with Crippen molar-refractivity contribution in [3.05, 3.63) is 83.1 Å². The largest absolute Gasteiger partial charge is 0.486 e. The first kappa shape index (κ1) is 21.5. The van der Waals surface area contributed by atoms with E-state index in [1.54, 1.807) is 29.6 Å². The van der Waals surface area contributed by atoms with Gasteiger partial charge in [-0.15, -0.1) is 11.3 Å². The van der Waals surface area contributed by atoms with Gasteiger partial charge in [-0.1, -0.05) is 12.1 Å². The summed E-state index contributed by atoms with van der Waals surface area (Å²) in [4.78, 5) is 16.8. The highest BCUT2D eigenvalue weighted by molar-refractivity contribution is 7.14. The van der Waals surface area contributed by atoms with Gasteiger partial charge in [-0.25, -0.2) is 4.98 Å². The molecule has 0 saturated heterocycles. The number of ether oxygens (including phenoxy) is 2. The maximum absolute atomic E-state index is 12.5. The van der Waals surface area contributed by atoms with Crippen LogP contribution in [0, 0.1) is 6.92 Å². The lowest BCUT2D eigenvalue weighted by molar-refractivity contribution is -0.0498. The van der Waals surface area contributed by atoms with Gasteiger partial charge in [0.1, 0.15) is 23.9 Å². The third-order valence-electron chi connectivity index (χ3n) is 4.36. The Hall–Kier alpha value is -3.72. The Morgan fingerprint density at radius 3 is 2.69 bits per heavy atom. The number of rotatable bonds is 8. The molecule has 0 radical (unpaired) electrons. The number of amides is 1. The van der Waals surface area contributed by atoms with E-state index in [1.165, 1.54) is 23.5 Å². The van der Waals surface area contributed by atoms with E-state index in [9.17, 15) is 13.6 Å². The molecule has 0 atom stereocenters. The number of carbonyl (C=O) groups excluding carboxylic acids is 1. The smallest absolute Gasteiger partial charge is 0.387 e. The zero-order valence-corrected chi connectivity index (χ0v) is 17.7. The number of aryl methyl sites for hydroxylation is 1. The maximum Gasteiger partial charge on any atom is 0.387 e.